The van der Waals surface area contributed by atoms with Crippen LogP contribution in [0.1, 0.15) is 0 Å². The van der Waals surface area contributed by atoms with Gasteiger partial charge in [0.15, 0.2) is 11.5 Å². The summed E-state index contributed by atoms with van der Waals surface area (Å²) in [5.74, 6) is 0.311. The predicted octanol–water partition coefficient (Wildman–Crippen LogP) is 11.5. The first-order chi connectivity index (χ1) is 23.1. The van der Waals surface area contributed by atoms with Crippen LogP contribution in [0.15, 0.2) is 158 Å². The van der Waals surface area contributed by atoms with Crippen molar-refractivity contribution in [2.24, 2.45) is 0 Å². The third-order valence-corrected chi connectivity index (χ3v) is 8.26. The highest BCUT2D eigenvalue weighted by Gasteiger charge is 2.26. The summed E-state index contributed by atoms with van der Waals surface area (Å²) in [6, 6.07) is 48.5. The molecule has 0 aliphatic heterocycles. The van der Waals surface area contributed by atoms with Crippen LogP contribution in [0.25, 0.3) is 66.6 Å². The molecule has 3 nitrogen and oxygen atoms in total. The van der Waals surface area contributed by atoms with Gasteiger partial charge in [-0.25, -0.2) is 18.7 Å². The topological polar surface area (TPSA) is 35.0 Å². The molecule has 224 valence electrons. The Balaban J connectivity index is 1.52. The van der Waals surface area contributed by atoms with E-state index in [1.807, 2.05) is 109 Å². The Morgan fingerprint density at radius 1 is 0.362 bits per heavy atom. The van der Waals surface area contributed by atoms with Crippen LogP contribution in [0.2, 0.25) is 0 Å². The molecule has 8 rings (SSSR count). The van der Waals surface area contributed by atoms with Crippen LogP contribution in [0.5, 0.6) is 11.5 Å². The second kappa shape index (κ2) is 12.0. The standard InChI is InChI=1S/C42H26F2N2O/c43-31-23-19-29(20-24-31)39-41(37(27-11-3-1-4-12-27)33-15-7-9-17-35(33)45-39)47-42-38(28-13-5-2-6-14-28)34-16-8-10-18-36(34)46-40(42)30-21-25-32(44)26-22-30/h1-26H. The molecular formula is C42H26F2N2O. The summed E-state index contributed by atoms with van der Waals surface area (Å²) in [6.45, 7) is 0. The van der Waals surface area contributed by atoms with Gasteiger partial charge in [-0.2, -0.15) is 0 Å². The van der Waals surface area contributed by atoms with Crippen LogP contribution in [-0.4, -0.2) is 9.97 Å². The molecule has 0 unspecified atom stereocenters. The van der Waals surface area contributed by atoms with Gasteiger partial charge in [0.05, 0.1) is 11.0 Å². The number of ether oxygens (including phenoxy) is 1. The Hall–Kier alpha value is -6.20. The van der Waals surface area contributed by atoms with Crippen molar-refractivity contribution in [2.75, 3.05) is 0 Å². The molecule has 0 spiro atoms. The summed E-state index contributed by atoms with van der Waals surface area (Å²) in [5, 5.41) is 1.80. The lowest BCUT2D eigenvalue weighted by Gasteiger charge is -2.22. The van der Waals surface area contributed by atoms with Gasteiger partial charge in [-0.1, -0.05) is 97.1 Å². The molecule has 5 heteroatoms. The van der Waals surface area contributed by atoms with Gasteiger partial charge in [-0.05, 0) is 71.8 Å². The van der Waals surface area contributed by atoms with E-state index in [0.29, 0.717) is 34.0 Å². The van der Waals surface area contributed by atoms with Crippen LogP contribution < -0.4 is 4.74 Å². The number of aromatic nitrogens is 2. The molecule has 0 fully saturated rings. The highest BCUT2D eigenvalue weighted by atomic mass is 19.1. The maximum atomic E-state index is 14.2. The minimum atomic E-state index is -0.344. The van der Waals surface area contributed by atoms with Crippen LogP contribution in [0, 0.1) is 11.6 Å². The minimum Gasteiger partial charge on any atom is -0.451 e. The summed E-state index contributed by atoms with van der Waals surface area (Å²) in [6.07, 6.45) is 0. The molecule has 0 saturated heterocycles. The molecular weight excluding hydrogens is 586 g/mol. The Kier molecular flexibility index (Phi) is 7.19. The number of rotatable bonds is 6. The fourth-order valence-corrected chi connectivity index (χ4v) is 6.08. The highest BCUT2D eigenvalue weighted by Crippen LogP contribution is 2.50. The molecule has 2 aromatic heterocycles. The first-order valence-electron chi connectivity index (χ1n) is 15.3. The smallest absolute Gasteiger partial charge is 0.162 e. The van der Waals surface area contributed by atoms with Gasteiger partial charge in [0.2, 0.25) is 0 Å². The maximum absolute atomic E-state index is 14.2. The molecule has 0 aliphatic carbocycles. The lowest BCUT2D eigenvalue weighted by molar-refractivity contribution is 0.487. The molecule has 6 aromatic carbocycles. The molecule has 47 heavy (non-hydrogen) atoms. The van der Waals surface area contributed by atoms with Gasteiger partial charge >= 0.3 is 0 Å². The van der Waals surface area contributed by atoms with E-state index in [0.717, 1.165) is 44.1 Å². The normalized spacial score (nSPS) is 11.2. The molecule has 0 aliphatic rings. The van der Waals surface area contributed by atoms with Gasteiger partial charge in [0.1, 0.15) is 23.0 Å². The number of benzene rings is 6. The van der Waals surface area contributed by atoms with Gasteiger partial charge in [0, 0.05) is 33.0 Å². The lowest BCUT2D eigenvalue weighted by Crippen LogP contribution is -2.02. The number of pyridine rings is 2. The number of hydrogen-bond donors (Lipinski definition) is 0. The molecule has 8 aromatic rings. The van der Waals surface area contributed by atoms with Crippen LogP contribution in [-0.2, 0) is 0 Å². The Bertz CT molecular complexity index is 2210. The SMILES string of the molecule is Fc1ccc(-c2nc3ccccc3c(-c3ccccc3)c2Oc2c(-c3ccc(F)cc3)nc3ccccc3c2-c2ccccc2)cc1. The van der Waals surface area contributed by atoms with E-state index in [2.05, 4.69) is 0 Å². The Labute approximate surface area is 270 Å². The zero-order chi connectivity index (χ0) is 31.7. The van der Waals surface area contributed by atoms with E-state index in [1.54, 1.807) is 24.3 Å². The van der Waals surface area contributed by atoms with Gasteiger partial charge in [0.25, 0.3) is 0 Å². The minimum absolute atomic E-state index is 0.344. The average molecular weight is 613 g/mol. The van der Waals surface area contributed by atoms with Crippen molar-refractivity contribution in [2.45, 2.75) is 0 Å². The first kappa shape index (κ1) is 28.3. The van der Waals surface area contributed by atoms with Crippen molar-refractivity contribution >= 4 is 21.8 Å². The largest absolute Gasteiger partial charge is 0.451 e. The zero-order valence-electron chi connectivity index (χ0n) is 25.1. The average Bonchev–Trinajstić information content (AvgIpc) is 3.12. The van der Waals surface area contributed by atoms with Crippen molar-refractivity contribution in [3.8, 4) is 56.3 Å². The van der Waals surface area contributed by atoms with E-state index in [9.17, 15) is 8.78 Å². The fourth-order valence-electron chi connectivity index (χ4n) is 6.08. The zero-order valence-corrected chi connectivity index (χ0v) is 25.1. The number of nitrogens with zero attached hydrogens (tertiary/aromatic N) is 2. The maximum Gasteiger partial charge on any atom is 0.162 e. The molecule has 0 amide bonds. The van der Waals surface area contributed by atoms with Crippen molar-refractivity contribution in [3.63, 3.8) is 0 Å². The van der Waals surface area contributed by atoms with Crippen molar-refractivity contribution < 1.29 is 13.5 Å². The van der Waals surface area contributed by atoms with Crippen molar-refractivity contribution in [3.05, 3.63) is 169 Å². The fraction of sp³-hybridized carbons (Fsp3) is 0. The first-order valence-corrected chi connectivity index (χ1v) is 15.3. The van der Waals surface area contributed by atoms with Crippen molar-refractivity contribution in [1.82, 2.24) is 9.97 Å². The van der Waals surface area contributed by atoms with E-state index >= 15 is 0 Å². The lowest BCUT2D eigenvalue weighted by atomic mass is 9.95. The monoisotopic (exact) mass is 612 g/mol. The molecule has 0 saturated carbocycles. The molecule has 0 N–H and O–H groups in total. The highest BCUT2D eigenvalue weighted by molar-refractivity contribution is 6.04. The molecule has 0 bridgehead atoms. The Morgan fingerprint density at radius 2 is 0.723 bits per heavy atom. The third-order valence-electron chi connectivity index (χ3n) is 8.26. The van der Waals surface area contributed by atoms with E-state index < -0.39 is 0 Å². The van der Waals surface area contributed by atoms with Crippen LogP contribution in [0.3, 0.4) is 0 Å². The van der Waals surface area contributed by atoms with E-state index in [-0.39, 0.29) is 11.6 Å². The third kappa shape index (κ3) is 5.28. The van der Waals surface area contributed by atoms with Crippen LogP contribution >= 0.6 is 0 Å². The number of hydrogen-bond acceptors (Lipinski definition) is 3. The summed E-state index contributed by atoms with van der Waals surface area (Å²) in [7, 11) is 0. The van der Waals surface area contributed by atoms with E-state index in [1.165, 1.54) is 24.3 Å². The summed E-state index contributed by atoms with van der Waals surface area (Å²) < 4.78 is 35.7. The summed E-state index contributed by atoms with van der Waals surface area (Å²) >= 11 is 0. The van der Waals surface area contributed by atoms with E-state index in [4.69, 9.17) is 14.7 Å². The second-order valence-electron chi connectivity index (χ2n) is 11.2. The van der Waals surface area contributed by atoms with Crippen molar-refractivity contribution in [1.29, 1.82) is 0 Å². The molecule has 0 atom stereocenters. The van der Waals surface area contributed by atoms with Gasteiger partial charge < -0.3 is 4.74 Å². The second-order valence-corrected chi connectivity index (χ2v) is 11.2. The number of fused-ring (bicyclic) bond motifs is 2. The number of halogens is 2. The number of para-hydroxylation sites is 2. The molecule has 0 radical (unpaired) electrons. The molecule has 2 heterocycles. The predicted molar refractivity (Wildman–Crippen MR) is 185 cm³/mol. The summed E-state index contributed by atoms with van der Waals surface area (Å²) in [5.41, 5.74) is 7.60. The Morgan fingerprint density at radius 3 is 1.13 bits per heavy atom. The van der Waals surface area contributed by atoms with Gasteiger partial charge in [-0.3, -0.25) is 0 Å². The summed E-state index contributed by atoms with van der Waals surface area (Å²) in [4.78, 5) is 10.2. The van der Waals surface area contributed by atoms with Crippen LogP contribution in [0.4, 0.5) is 8.78 Å². The quantitative estimate of drug-likeness (QED) is 0.187. The van der Waals surface area contributed by atoms with Gasteiger partial charge in [-0.15, -0.1) is 0 Å².